The first kappa shape index (κ1) is 19.0. The molecule has 0 saturated carbocycles. The SMILES string of the molecule is CCC(C)C(N)C(=O)N1CCN(c2ncccc2Cl)CC1.Cl. The van der Waals surface area contributed by atoms with Crippen LogP contribution in [0.3, 0.4) is 0 Å². The molecule has 0 aliphatic carbocycles. The van der Waals surface area contributed by atoms with E-state index in [9.17, 15) is 4.79 Å². The Morgan fingerprint density at radius 2 is 2.05 bits per heavy atom. The fourth-order valence-corrected chi connectivity index (χ4v) is 2.70. The van der Waals surface area contributed by atoms with Gasteiger partial charge in [0.1, 0.15) is 5.82 Å². The van der Waals surface area contributed by atoms with Gasteiger partial charge in [-0.2, -0.15) is 0 Å². The van der Waals surface area contributed by atoms with Gasteiger partial charge in [0.15, 0.2) is 0 Å². The Labute approximate surface area is 143 Å². The molecule has 1 aliphatic heterocycles. The number of halogens is 2. The molecule has 1 aromatic heterocycles. The maximum Gasteiger partial charge on any atom is 0.239 e. The fraction of sp³-hybridized carbons (Fsp3) is 0.600. The molecule has 0 radical (unpaired) electrons. The largest absolute Gasteiger partial charge is 0.352 e. The Kier molecular flexibility index (Phi) is 7.39. The monoisotopic (exact) mass is 346 g/mol. The zero-order chi connectivity index (χ0) is 15.4. The molecule has 2 heterocycles. The van der Waals surface area contributed by atoms with Crippen molar-refractivity contribution in [1.82, 2.24) is 9.88 Å². The van der Waals surface area contributed by atoms with E-state index in [0.29, 0.717) is 18.1 Å². The lowest BCUT2D eigenvalue weighted by Crippen LogP contribution is -2.54. The van der Waals surface area contributed by atoms with Gasteiger partial charge in [0, 0.05) is 32.4 Å². The lowest BCUT2D eigenvalue weighted by molar-refractivity contribution is -0.134. The van der Waals surface area contributed by atoms with Crippen molar-refractivity contribution in [3.05, 3.63) is 23.4 Å². The van der Waals surface area contributed by atoms with Crippen LogP contribution in [0.2, 0.25) is 5.02 Å². The third-order valence-corrected chi connectivity index (χ3v) is 4.47. The summed E-state index contributed by atoms with van der Waals surface area (Å²) in [7, 11) is 0. The number of hydrogen-bond donors (Lipinski definition) is 1. The maximum absolute atomic E-state index is 12.3. The van der Waals surface area contributed by atoms with Gasteiger partial charge in [-0.1, -0.05) is 31.9 Å². The molecule has 7 heteroatoms. The summed E-state index contributed by atoms with van der Waals surface area (Å²) in [4.78, 5) is 20.6. The normalized spacial score (nSPS) is 17.6. The van der Waals surface area contributed by atoms with Gasteiger partial charge in [0.25, 0.3) is 0 Å². The molecule has 5 nitrogen and oxygen atoms in total. The molecule has 0 bridgehead atoms. The maximum atomic E-state index is 12.3. The van der Waals surface area contributed by atoms with E-state index < -0.39 is 6.04 Å². The van der Waals surface area contributed by atoms with Gasteiger partial charge in [-0.05, 0) is 18.1 Å². The van der Waals surface area contributed by atoms with Gasteiger partial charge in [0.05, 0.1) is 11.1 Å². The predicted molar refractivity (Wildman–Crippen MR) is 92.7 cm³/mol. The van der Waals surface area contributed by atoms with Gasteiger partial charge < -0.3 is 15.5 Å². The van der Waals surface area contributed by atoms with E-state index in [-0.39, 0.29) is 24.2 Å². The van der Waals surface area contributed by atoms with Crippen LogP contribution in [-0.2, 0) is 4.79 Å². The first-order valence-corrected chi connectivity index (χ1v) is 7.82. The van der Waals surface area contributed by atoms with Crippen molar-refractivity contribution < 1.29 is 4.79 Å². The molecule has 1 saturated heterocycles. The van der Waals surface area contributed by atoms with Crippen molar-refractivity contribution in [3.63, 3.8) is 0 Å². The smallest absolute Gasteiger partial charge is 0.239 e. The average Bonchev–Trinajstić information content (AvgIpc) is 2.53. The van der Waals surface area contributed by atoms with Crippen LogP contribution in [0.4, 0.5) is 5.82 Å². The Balaban J connectivity index is 0.00000242. The molecule has 2 rings (SSSR count). The van der Waals surface area contributed by atoms with Crippen LogP contribution in [0.15, 0.2) is 18.3 Å². The Bertz CT molecular complexity index is 492. The second-order valence-electron chi connectivity index (χ2n) is 5.53. The van der Waals surface area contributed by atoms with Crippen LogP contribution in [-0.4, -0.2) is 48.0 Å². The molecule has 22 heavy (non-hydrogen) atoms. The topological polar surface area (TPSA) is 62.5 Å². The molecule has 124 valence electrons. The first-order valence-electron chi connectivity index (χ1n) is 7.44. The number of nitrogens with zero attached hydrogens (tertiary/aromatic N) is 3. The number of piperazine rings is 1. The summed E-state index contributed by atoms with van der Waals surface area (Å²) in [6.45, 7) is 6.86. The standard InChI is InChI=1S/C15H23ClN4O.ClH/c1-3-11(2)13(17)15(21)20-9-7-19(8-10-20)14-12(16)5-4-6-18-14;/h4-6,11,13H,3,7-10,17H2,1-2H3;1H. The highest BCUT2D eigenvalue weighted by Gasteiger charge is 2.28. The van der Waals surface area contributed by atoms with Crippen LogP contribution < -0.4 is 10.6 Å². The van der Waals surface area contributed by atoms with E-state index >= 15 is 0 Å². The lowest BCUT2D eigenvalue weighted by atomic mass is 9.98. The number of hydrogen-bond acceptors (Lipinski definition) is 4. The Morgan fingerprint density at radius 3 is 2.59 bits per heavy atom. The van der Waals surface area contributed by atoms with E-state index in [2.05, 4.69) is 16.8 Å². The van der Waals surface area contributed by atoms with E-state index in [1.165, 1.54) is 0 Å². The number of amides is 1. The minimum Gasteiger partial charge on any atom is -0.352 e. The highest BCUT2D eigenvalue weighted by atomic mass is 35.5. The molecule has 0 aromatic carbocycles. The average molecular weight is 347 g/mol. The third kappa shape index (κ3) is 4.24. The number of aromatic nitrogens is 1. The Hall–Kier alpha value is -1.04. The minimum atomic E-state index is -0.403. The quantitative estimate of drug-likeness (QED) is 0.907. The summed E-state index contributed by atoms with van der Waals surface area (Å²) in [6.07, 6.45) is 2.65. The summed E-state index contributed by atoms with van der Waals surface area (Å²) >= 11 is 6.16. The van der Waals surface area contributed by atoms with Crippen molar-refractivity contribution in [2.45, 2.75) is 26.3 Å². The molecule has 2 unspecified atom stereocenters. The lowest BCUT2D eigenvalue weighted by Gasteiger charge is -2.37. The fourth-order valence-electron chi connectivity index (χ4n) is 2.46. The van der Waals surface area contributed by atoms with Gasteiger partial charge in [-0.15, -0.1) is 12.4 Å². The molecule has 0 spiro atoms. The van der Waals surface area contributed by atoms with Crippen LogP contribution in [0, 0.1) is 5.92 Å². The van der Waals surface area contributed by atoms with Crippen molar-refractivity contribution >= 4 is 35.7 Å². The first-order chi connectivity index (χ1) is 10.0. The van der Waals surface area contributed by atoms with E-state index in [1.807, 2.05) is 24.0 Å². The zero-order valence-electron chi connectivity index (χ0n) is 13.0. The molecule has 2 N–H and O–H groups in total. The number of carbonyl (C=O) groups is 1. The molecule has 1 amide bonds. The summed E-state index contributed by atoms with van der Waals surface area (Å²) in [6, 6.07) is 3.25. The Morgan fingerprint density at radius 1 is 1.41 bits per heavy atom. The predicted octanol–water partition coefficient (Wildman–Crippen LogP) is 2.18. The minimum absolute atomic E-state index is 0. The second kappa shape index (κ2) is 8.56. The highest BCUT2D eigenvalue weighted by Crippen LogP contribution is 2.23. The van der Waals surface area contributed by atoms with Crippen LogP contribution in [0.5, 0.6) is 0 Å². The molecule has 1 aliphatic rings. The molecular weight excluding hydrogens is 323 g/mol. The molecular formula is C15H24Cl2N4O. The van der Waals surface area contributed by atoms with Gasteiger partial charge >= 0.3 is 0 Å². The summed E-state index contributed by atoms with van der Waals surface area (Å²) in [5, 5.41) is 0.647. The van der Waals surface area contributed by atoms with Crippen molar-refractivity contribution in [2.75, 3.05) is 31.1 Å². The van der Waals surface area contributed by atoms with E-state index in [1.54, 1.807) is 6.20 Å². The summed E-state index contributed by atoms with van der Waals surface area (Å²) < 4.78 is 0. The highest BCUT2D eigenvalue weighted by molar-refractivity contribution is 6.32. The van der Waals surface area contributed by atoms with Gasteiger partial charge in [0.2, 0.25) is 5.91 Å². The van der Waals surface area contributed by atoms with Crippen molar-refractivity contribution in [1.29, 1.82) is 0 Å². The van der Waals surface area contributed by atoms with Crippen molar-refractivity contribution in [2.24, 2.45) is 11.7 Å². The molecule has 1 fully saturated rings. The molecule has 2 atom stereocenters. The number of rotatable bonds is 4. The zero-order valence-corrected chi connectivity index (χ0v) is 14.6. The number of anilines is 1. The van der Waals surface area contributed by atoms with Crippen LogP contribution >= 0.6 is 24.0 Å². The van der Waals surface area contributed by atoms with Gasteiger partial charge in [-0.3, -0.25) is 4.79 Å². The van der Waals surface area contributed by atoms with E-state index in [0.717, 1.165) is 25.3 Å². The second-order valence-corrected chi connectivity index (χ2v) is 5.94. The van der Waals surface area contributed by atoms with Crippen LogP contribution in [0.1, 0.15) is 20.3 Å². The van der Waals surface area contributed by atoms with Crippen molar-refractivity contribution in [3.8, 4) is 0 Å². The number of pyridine rings is 1. The number of nitrogens with two attached hydrogens (primary N) is 1. The number of carbonyl (C=O) groups excluding carboxylic acids is 1. The van der Waals surface area contributed by atoms with Crippen LogP contribution in [0.25, 0.3) is 0 Å². The summed E-state index contributed by atoms with van der Waals surface area (Å²) in [5.41, 5.74) is 6.03. The summed E-state index contributed by atoms with van der Waals surface area (Å²) in [5.74, 6) is 1.05. The van der Waals surface area contributed by atoms with E-state index in [4.69, 9.17) is 17.3 Å². The molecule has 1 aromatic rings. The third-order valence-electron chi connectivity index (χ3n) is 4.17. The van der Waals surface area contributed by atoms with Gasteiger partial charge in [-0.25, -0.2) is 4.98 Å².